The first-order valence-corrected chi connectivity index (χ1v) is 6.07. The molecule has 3 rings (SSSR count). The Bertz CT molecular complexity index is 515. The topological polar surface area (TPSA) is 24.9 Å². The maximum atomic E-state index is 14.5. The minimum atomic E-state index is -0.962. The van der Waals surface area contributed by atoms with Crippen LogP contribution >= 0.6 is 0 Å². The van der Waals surface area contributed by atoms with Gasteiger partial charge in [0.05, 0.1) is 5.52 Å². The first-order chi connectivity index (χ1) is 8.36. The molecule has 2 nitrogen and oxygen atoms in total. The lowest BCUT2D eigenvalue weighted by atomic mass is 9.99. The Morgan fingerprint density at radius 1 is 1.29 bits per heavy atom. The molecule has 1 saturated heterocycles. The van der Waals surface area contributed by atoms with Gasteiger partial charge in [0, 0.05) is 23.2 Å². The summed E-state index contributed by atoms with van der Waals surface area (Å²) in [6.07, 6.45) is 2.73. The Morgan fingerprint density at radius 2 is 2.18 bits per heavy atom. The molecule has 0 radical (unpaired) electrons. The van der Waals surface area contributed by atoms with Crippen LogP contribution < -0.4 is 5.32 Å². The van der Waals surface area contributed by atoms with Crippen LogP contribution in [0.4, 0.5) is 4.39 Å². The molecule has 88 valence electrons. The minimum Gasteiger partial charge on any atom is -0.311 e. The normalized spacial score (nSPS) is 21.8. The number of aromatic nitrogens is 1. The number of pyridine rings is 1. The molecular weight excluding hydrogens is 215 g/mol. The van der Waals surface area contributed by atoms with Crippen molar-refractivity contribution in [1.29, 1.82) is 0 Å². The van der Waals surface area contributed by atoms with Gasteiger partial charge in [-0.2, -0.15) is 0 Å². The van der Waals surface area contributed by atoms with Gasteiger partial charge in [0.2, 0.25) is 0 Å². The van der Waals surface area contributed by atoms with Crippen molar-refractivity contribution in [2.24, 2.45) is 0 Å². The van der Waals surface area contributed by atoms with Crippen LogP contribution in [-0.4, -0.2) is 17.6 Å². The van der Waals surface area contributed by atoms with Crippen molar-refractivity contribution in [2.45, 2.75) is 25.1 Å². The van der Waals surface area contributed by atoms with Crippen LogP contribution in [0.5, 0.6) is 0 Å². The predicted molar refractivity (Wildman–Crippen MR) is 66.6 cm³/mol. The standard InChI is InChI=1S/C14H15FN2/c15-13(12-7-3-8-16-12)11-6-1-4-10-5-2-9-17-14(10)11/h1-2,4-6,9,12-13,16H,3,7-8H2. The molecule has 3 heteroatoms. The van der Waals surface area contributed by atoms with Gasteiger partial charge >= 0.3 is 0 Å². The summed E-state index contributed by atoms with van der Waals surface area (Å²) in [5.74, 6) is 0. The van der Waals surface area contributed by atoms with Gasteiger partial charge < -0.3 is 5.32 Å². The number of benzene rings is 1. The smallest absolute Gasteiger partial charge is 0.142 e. The van der Waals surface area contributed by atoms with Crippen molar-refractivity contribution in [3.8, 4) is 0 Å². The Hall–Kier alpha value is -1.48. The SMILES string of the molecule is FC(c1cccc2cccnc12)C1CCCN1. The van der Waals surface area contributed by atoms with Crippen LogP contribution in [-0.2, 0) is 0 Å². The number of fused-ring (bicyclic) bond motifs is 1. The zero-order chi connectivity index (χ0) is 11.7. The monoisotopic (exact) mass is 230 g/mol. The molecule has 0 bridgehead atoms. The summed E-state index contributed by atoms with van der Waals surface area (Å²) in [5, 5.41) is 4.22. The van der Waals surface area contributed by atoms with E-state index in [-0.39, 0.29) is 6.04 Å². The summed E-state index contributed by atoms with van der Waals surface area (Å²) >= 11 is 0. The zero-order valence-electron chi connectivity index (χ0n) is 9.57. The molecule has 0 saturated carbocycles. The van der Waals surface area contributed by atoms with Crippen LogP contribution in [0, 0.1) is 0 Å². The Labute approximate surface area is 99.9 Å². The van der Waals surface area contributed by atoms with Gasteiger partial charge in [-0.15, -0.1) is 0 Å². The van der Waals surface area contributed by atoms with E-state index in [9.17, 15) is 4.39 Å². The average molecular weight is 230 g/mol. The van der Waals surface area contributed by atoms with Gasteiger partial charge in [-0.1, -0.05) is 24.3 Å². The summed E-state index contributed by atoms with van der Waals surface area (Å²) in [7, 11) is 0. The van der Waals surface area contributed by atoms with E-state index in [1.54, 1.807) is 6.20 Å². The number of hydrogen-bond acceptors (Lipinski definition) is 2. The van der Waals surface area contributed by atoms with Crippen LogP contribution in [0.15, 0.2) is 36.5 Å². The average Bonchev–Trinajstić information content (AvgIpc) is 2.91. The van der Waals surface area contributed by atoms with Crippen LogP contribution in [0.1, 0.15) is 24.6 Å². The van der Waals surface area contributed by atoms with E-state index in [0.717, 1.165) is 30.3 Å². The first kappa shape index (κ1) is 10.7. The van der Waals surface area contributed by atoms with Crippen molar-refractivity contribution in [3.05, 3.63) is 42.1 Å². The van der Waals surface area contributed by atoms with Crippen molar-refractivity contribution >= 4 is 10.9 Å². The fourth-order valence-corrected chi connectivity index (χ4v) is 2.53. The lowest BCUT2D eigenvalue weighted by Gasteiger charge is -2.17. The minimum absolute atomic E-state index is 0.0531. The number of rotatable bonds is 2. The van der Waals surface area contributed by atoms with Crippen LogP contribution in [0.25, 0.3) is 10.9 Å². The molecule has 2 aromatic rings. The molecule has 0 spiro atoms. The molecule has 1 aromatic carbocycles. The van der Waals surface area contributed by atoms with Gasteiger partial charge in [-0.05, 0) is 25.5 Å². The second-order valence-corrected chi connectivity index (χ2v) is 4.53. The molecule has 1 aliphatic rings. The summed E-state index contributed by atoms with van der Waals surface area (Å²) < 4.78 is 14.5. The zero-order valence-corrected chi connectivity index (χ0v) is 9.57. The fraction of sp³-hybridized carbons (Fsp3) is 0.357. The Morgan fingerprint density at radius 3 is 3.00 bits per heavy atom. The highest BCUT2D eigenvalue weighted by molar-refractivity contribution is 5.81. The summed E-state index contributed by atoms with van der Waals surface area (Å²) in [5.41, 5.74) is 1.50. The molecule has 1 aliphatic heterocycles. The van der Waals surface area contributed by atoms with Gasteiger partial charge in [0.25, 0.3) is 0 Å². The molecular formula is C14H15FN2. The maximum absolute atomic E-state index is 14.5. The number of halogens is 1. The van der Waals surface area contributed by atoms with Crippen LogP contribution in [0.2, 0.25) is 0 Å². The molecule has 2 atom stereocenters. The van der Waals surface area contributed by atoms with E-state index in [1.807, 2.05) is 30.3 Å². The second kappa shape index (κ2) is 4.41. The van der Waals surface area contributed by atoms with Gasteiger partial charge in [-0.3, -0.25) is 4.98 Å². The summed E-state index contributed by atoms with van der Waals surface area (Å²) in [6.45, 7) is 0.920. The highest BCUT2D eigenvalue weighted by Crippen LogP contribution is 2.30. The highest BCUT2D eigenvalue weighted by atomic mass is 19.1. The Balaban J connectivity index is 2.04. The number of para-hydroxylation sites is 1. The molecule has 17 heavy (non-hydrogen) atoms. The third kappa shape index (κ3) is 1.91. The van der Waals surface area contributed by atoms with Gasteiger partial charge in [-0.25, -0.2) is 4.39 Å². The summed E-state index contributed by atoms with van der Waals surface area (Å²) in [6, 6.07) is 9.53. The Kier molecular flexibility index (Phi) is 2.77. The van der Waals surface area contributed by atoms with E-state index >= 15 is 0 Å². The van der Waals surface area contributed by atoms with Crippen molar-refractivity contribution in [3.63, 3.8) is 0 Å². The van der Waals surface area contributed by atoms with E-state index < -0.39 is 6.17 Å². The van der Waals surface area contributed by atoms with Crippen molar-refractivity contribution < 1.29 is 4.39 Å². The third-order valence-corrected chi connectivity index (χ3v) is 3.41. The molecule has 0 aliphatic carbocycles. The quantitative estimate of drug-likeness (QED) is 0.857. The molecule has 0 amide bonds. The van der Waals surface area contributed by atoms with E-state index in [4.69, 9.17) is 0 Å². The van der Waals surface area contributed by atoms with E-state index in [1.165, 1.54) is 0 Å². The maximum Gasteiger partial charge on any atom is 0.142 e. The van der Waals surface area contributed by atoms with E-state index in [0.29, 0.717) is 5.56 Å². The fourth-order valence-electron chi connectivity index (χ4n) is 2.53. The number of nitrogens with zero attached hydrogens (tertiary/aromatic N) is 1. The molecule has 1 N–H and O–H groups in total. The lowest BCUT2D eigenvalue weighted by Crippen LogP contribution is -2.26. The van der Waals surface area contributed by atoms with Crippen molar-refractivity contribution in [2.75, 3.05) is 6.54 Å². The number of nitrogens with one attached hydrogen (secondary N) is 1. The predicted octanol–water partition coefficient (Wildman–Crippen LogP) is 3.00. The van der Waals surface area contributed by atoms with Gasteiger partial charge in [0.1, 0.15) is 6.17 Å². The number of hydrogen-bond donors (Lipinski definition) is 1. The molecule has 1 aromatic heterocycles. The summed E-state index contributed by atoms with van der Waals surface area (Å²) in [4.78, 5) is 4.31. The third-order valence-electron chi connectivity index (χ3n) is 3.41. The molecule has 1 fully saturated rings. The molecule has 2 heterocycles. The first-order valence-electron chi connectivity index (χ1n) is 6.07. The second-order valence-electron chi connectivity index (χ2n) is 4.53. The van der Waals surface area contributed by atoms with Crippen molar-refractivity contribution in [1.82, 2.24) is 10.3 Å². The highest BCUT2D eigenvalue weighted by Gasteiger charge is 2.27. The van der Waals surface area contributed by atoms with E-state index in [2.05, 4.69) is 10.3 Å². The number of alkyl halides is 1. The van der Waals surface area contributed by atoms with Crippen LogP contribution in [0.3, 0.4) is 0 Å². The lowest BCUT2D eigenvalue weighted by molar-refractivity contribution is 0.273. The van der Waals surface area contributed by atoms with Gasteiger partial charge in [0.15, 0.2) is 0 Å². The largest absolute Gasteiger partial charge is 0.311 e. The molecule has 2 unspecified atom stereocenters.